The Labute approximate surface area is 255 Å². The number of benzene rings is 1. The Morgan fingerprint density at radius 1 is 0.436 bits per heavy atom. The van der Waals surface area contributed by atoms with Gasteiger partial charge in [0, 0.05) is 0 Å². The van der Waals surface area contributed by atoms with Crippen molar-refractivity contribution >= 4 is 71.6 Å². The fourth-order valence-corrected chi connectivity index (χ4v) is 53.0. The first-order valence-electron chi connectivity index (χ1n) is 15.4. The first kappa shape index (κ1) is 35.6. The molecule has 1 aromatic rings. The van der Waals surface area contributed by atoms with Crippen LogP contribution in [-0.4, -0.2) is 67.2 Å². The van der Waals surface area contributed by atoms with E-state index in [2.05, 4.69) is 158 Å². The van der Waals surface area contributed by atoms with E-state index in [1.807, 2.05) is 15.5 Å². The van der Waals surface area contributed by atoms with Crippen LogP contribution in [0.3, 0.4) is 0 Å². The number of hydrogen-bond donors (Lipinski definition) is 0. The van der Waals surface area contributed by atoms with Crippen molar-refractivity contribution in [3.63, 3.8) is 0 Å². The molecule has 1 aliphatic rings. The molecule has 0 bridgehead atoms. The average Bonchev–Trinajstić information content (AvgIpc) is 2.61. The zero-order chi connectivity index (χ0) is 30.6. The fraction of sp³-hybridized carbons (Fsp3) is 0.656. The molecule has 1 aromatic carbocycles. The van der Waals surface area contributed by atoms with Crippen LogP contribution in [0.1, 0.15) is 32.2 Å². The van der Waals surface area contributed by atoms with E-state index in [0.29, 0.717) is 0 Å². The molecule has 0 atom stereocenters. The molecule has 1 aliphatic heterocycles. The Kier molecular flexibility index (Phi) is 10.8. The van der Waals surface area contributed by atoms with Gasteiger partial charge in [0.05, 0.1) is 0 Å². The minimum atomic E-state index is -1.74. The monoisotopic (exact) mass is 690 g/mol. The van der Waals surface area contributed by atoms with Crippen LogP contribution in [0.4, 0.5) is 0 Å². The minimum absolute atomic E-state index is 0.791. The molecule has 7 heteroatoms. The van der Waals surface area contributed by atoms with E-state index in [4.69, 9.17) is 0 Å². The Morgan fingerprint density at radius 2 is 0.769 bits per heavy atom. The Balaban J connectivity index is 3.33. The number of hydrogen-bond acceptors (Lipinski definition) is 0. The third-order valence-corrected chi connectivity index (χ3v) is 41.1. The molecule has 220 valence electrons. The van der Waals surface area contributed by atoms with Gasteiger partial charge in [0.25, 0.3) is 0 Å². The van der Waals surface area contributed by atoms with Gasteiger partial charge in [-0.1, -0.05) is 0 Å². The van der Waals surface area contributed by atoms with E-state index in [9.17, 15) is 0 Å². The molecule has 1 heterocycles. The number of rotatable bonds is 10. The van der Waals surface area contributed by atoms with Crippen LogP contribution in [0.5, 0.6) is 0 Å². The summed E-state index contributed by atoms with van der Waals surface area (Å²) in [4.78, 5) is 5.35. The van der Waals surface area contributed by atoms with Crippen molar-refractivity contribution in [2.24, 2.45) is 0 Å². The third-order valence-electron chi connectivity index (χ3n) is 8.44. The van der Waals surface area contributed by atoms with E-state index in [1.54, 1.807) is 5.56 Å². The molecule has 0 N–H and O–H groups in total. The zero-order valence-electron chi connectivity index (χ0n) is 29.3. The van der Waals surface area contributed by atoms with Crippen LogP contribution >= 0.6 is 0 Å². The summed E-state index contributed by atoms with van der Waals surface area (Å²) in [5.74, 6) is 0. The molecule has 0 saturated carbocycles. The van der Waals surface area contributed by atoms with Crippen molar-refractivity contribution in [3.05, 3.63) is 52.0 Å². The van der Waals surface area contributed by atoms with Crippen LogP contribution < -0.4 is 4.40 Å². The fourth-order valence-electron chi connectivity index (χ4n) is 9.04. The molecule has 0 aliphatic carbocycles. The van der Waals surface area contributed by atoms with Crippen LogP contribution in [0, 0.1) is 0 Å². The first-order valence-corrected chi connectivity index (χ1v) is 40.3. The van der Waals surface area contributed by atoms with Gasteiger partial charge in [-0.3, -0.25) is 0 Å². The van der Waals surface area contributed by atoms with Crippen molar-refractivity contribution in [1.29, 1.82) is 0 Å². The Bertz CT molecular complexity index is 1030. The summed E-state index contributed by atoms with van der Waals surface area (Å²) in [5, 5.41) is 2.37. The molecular weight excluding hydrogens is 625 g/mol. The maximum atomic E-state index is 2.88. The topological polar surface area (TPSA) is 0 Å². The second-order valence-corrected chi connectivity index (χ2v) is 56.9. The molecule has 0 nitrogen and oxygen atoms in total. The van der Waals surface area contributed by atoms with Gasteiger partial charge in [0.1, 0.15) is 0 Å². The summed E-state index contributed by atoms with van der Waals surface area (Å²) in [6.45, 7) is 48.1. The third kappa shape index (κ3) is 8.72. The van der Waals surface area contributed by atoms with Crippen LogP contribution in [0.15, 0.2) is 35.3 Å². The van der Waals surface area contributed by atoms with Gasteiger partial charge >= 0.3 is 257 Å². The van der Waals surface area contributed by atoms with Gasteiger partial charge in [-0.2, -0.15) is 0 Å². The molecule has 0 aromatic heterocycles. The summed E-state index contributed by atoms with van der Waals surface area (Å²) in [6.07, 6.45) is 7.04. The van der Waals surface area contributed by atoms with E-state index < -0.39 is 62.4 Å². The van der Waals surface area contributed by atoms with Crippen LogP contribution in [-0.2, 0) is 0 Å². The van der Waals surface area contributed by atoms with Crippen LogP contribution in [0.25, 0.3) is 0 Å². The summed E-state index contributed by atoms with van der Waals surface area (Å²) in [7, 11) is -8.78. The van der Waals surface area contributed by atoms with Crippen molar-refractivity contribution in [1.82, 2.24) is 0 Å². The molecule has 0 saturated heterocycles. The molecule has 0 amide bonds. The zero-order valence-corrected chi connectivity index (χ0v) is 37.4. The summed E-state index contributed by atoms with van der Waals surface area (Å²) >= 11 is -1.74. The van der Waals surface area contributed by atoms with E-state index in [1.165, 1.54) is 0 Å². The molecule has 0 fully saturated rings. The second kappa shape index (κ2) is 11.8. The molecule has 0 radical (unpaired) electrons. The van der Waals surface area contributed by atoms with Gasteiger partial charge in [0.2, 0.25) is 0 Å². The van der Waals surface area contributed by atoms with Gasteiger partial charge in [-0.05, 0) is 0 Å². The van der Waals surface area contributed by atoms with Crippen molar-refractivity contribution in [2.45, 2.75) is 133 Å². The van der Waals surface area contributed by atoms with Gasteiger partial charge < -0.3 is 0 Å². The standard InChI is InChI=1S/C32H64GeSi6/c1-34(2,3)30(35(4,5)6)26-24-27(31(36(7,8)9)37(10,11)12)29(33-22-20-19-21-23-33)28(25-26)32(38(13,14)15)39(16,17)18/h19-25,30-32H,1-18H3. The van der Waals surface area contributed by atoms with Gasteiger partial charge in [0.15, 0.2) is 0 Å². The Hall–Kier alpha value is 0.414. The van der Waals surface area contributed by atoms with E-state index in [-0.39, 0.29) is 0 Å². The number of allylic oxidation sites excluding steroid dienone is 3. The first-order chi connectivity index (χ1) is 17.2. The van der Waals surface area contributed by atoms with Crippen molar-refractivity contribution in [3.8, 4) is 0 Å². The summed E-state index contributed by atoms with van der Waals surface area (Å²) < 4.78 is 1.90. The molecule has 0 unspecified atom stereocenters. The van der Waals surface area contributed by atoms with Gasteiger partial charge in [-0.15, -0.1) is 0 Å². The normalized spacial score (nSPS) is 16.1. The average molecular weight is 690 g/mol. The quantitative estimate of drug-likeness (QED) is 0.215. The Morgan fingerprint density at radius 3 is 1.03 bits per heavy atom. The predicted octanol–water partition coefficient (Wildman–Crippen LogP) is 9.95. The molecule has 39 heavy (non-hydrogen) atoms. The second-order valence-electron chi connectivity index (χ2n) is 18.9. The summed E-state index contributed by atoms with van der Waals surface area (Å²) in [6, 6.07) is 5.76. The molecule has 0 spiro atoms. The van der Waals surface area contributed by atoms with E-state index >= 15 is 0 Å². The summed E-state index contributed by atoms with van der Waals surface area (Å²) in [5.41, 5.74) is 5.48. The SMILES string of the molecule is C[Si](C)(C)C(c1cc(C([Si](C)(C)C)[Si](C)(C)C)[c]([Ge]2=[CH]C=CC=[CH]2)c(C([Si](C)(C)C)[Si](C)(C)C)c1)[Si](C)(C)C. The van der Waals surface area contributed by atoms with Crippen molar-refractivity contribution < 1.29 is 0 Å². The predicted molar refractivity (Wildman–Crippen MR) is 204 cm³/mol. The molecule has 2 rings (SSSR count). The molecular formula is C32H64GeSi6. The van der Waals surface area contributed by atoms with Crippen molar-refractivity contribution in [2.75, 3.05) is 0 Å². The van der Waals surface area contributed by atoms with Crippen LogP contribution in [0.2, 0.25) is 118 Å². The van der Waals surface area contributed by atoms with Gasteiger partial charge in [-0.25, -0.2) is 0 Å². The maximum absolute atomic E-state index is 2.88. The van der Waals surface area contributed by atoms with E-state index in [0.717, 1.165) is 15.5 Å².